The van der Waals surface area contributed by atoms with Crippen LogP contribution in [0, 0.1) is 10.5 Å². The normalized spacial score (nSPS) is 10.1. The molecule has 0 unspecified atom stereocenters. The molecule has 2 rings (SSSR count). The number of aromatic nitrogens is 2. The topological polar surface area (TPSA) is 68.0 Å². The second kappa shape index (κ2) is 4.60. The number of carbonyl (C=O) groups excluding carboxylic acids is 1. The van der Waals surface area contributed by atoms with E-state index in [1.165, 1.54) is 6.20 Å². The van der Waals surface area contributed by atoms with Gasteiger partial charge in [0.05, 0.1) is 6.20 Å². The Hall–Kier alpha value is -1.44. The Labute approximate surface area is 105 Å². The molecule has 1 amide bonds. The standard InChI is InChI=1S/C10H8IN3O2/c1-6-4-13-16-9(6)10(15)14-8-3-2-7(11)5-12-8/h2-5H,1H3,(H,12,14,15). The lowest BCUT2D eigenvalue weighted by atomic mass is 10.3. The first kappa shape index (κ1) is 11.1. The zero-order chi connectivity index (χ0) is 11.5. The summed E-state index contributed by atoms with van der Waals surface area (Å²) in [5, 5.41) is 6.17. The van der Waals surface area contributed by atoms with Gasteiger partial charge in [-0.15, -0.1) is 0 Å². The molecule has 0 fully saturated rings. The summed E-state index contributed by atoms with van der Waals surface area (Å²) in [6.07, 6.45) is 3.17. The summed E-state index contributed by atoms with van der Waals surface area (Å²) in [5.74, 6) is 0.352. The monoisotopic (exact) mass is 329 g/mol. The van der Waals surface area contributed by atoms with E-state index in [2.05, 4.69) is 38.0 Å². The molecule has 0 aliphatic rings. The van der Waals surface area contributed by atoms with Crippen LogP contribution in [0.1, 0.15) is 16.1 Å². The van der Waals surface area contributed by atoms with Crippen LogP contribution in [0.5, 0.6) is 0 Å². The molecule has 1 N–H and O–H groups in total. The maximum atomic E-state index is 11.7. The van der Waals surface area contributed by atoms with Crippen molar-refractivity contribution in [2.45, 2.75) is 6.92 Å². The van der Waals surface area contributed by atoms with Crippen LogP contribution in [0.4, 0.5) is 5.82 Å². The Balaban J connectivity index is 2.14. The number of carbonyl (C=O) groups is 1. The number of amides is 1. The first-order valence-corrected chi connectivity index (χ1v) is 5.59. The molecule has 16 heavy (non-hydrogen) atoms. The Morgan fingerprint density at radius 3 is 2.81 bits per heavy atom. The number of rotatable bonds is 2. The molecule has 0 saturated heterocycles. The van der Waals surface area contributed by atoms with Gasteiger partial charge in [0.25, 0.3) is 5.91 Å². The summed E-state index contributed by atoms with van der Waals surface area (Å²) in [5.41, 5.74) is 0.697. The first-order valence-electron chi connectivity index (χ1n) is 4.51. The quantitative estimate of drug-likeness (QED) is 0.858. The van der Waals surface area contributed by atoms with E-state index in [1.54, 1.807) is 19.2 Å². The van der Waals surface area contributed by atoms with E-state index in [-0.39, 0.29) is 11.7 Å². The van der Waals surface area contributed by atoms with Crippen LogP contribution >= 0.6 is 22.6 Å². The predicted molar refractivity (Wildman–Crippen MR) is 66.1 cm³/mol. The Morgan fingerprint density at radius 1 is 1.44 bits per heavy atom. The first-order chi connectivity index (χ1) is 7.66. The van der Waals surface area contributed by atoms with Crippen LogP contribution < -0.4 is 5.32 Å². The van der Waals surface area contributed by atoms with E-state index < -0.39 is 0 Å². The zero-order valence-electron chi connectivity index (χ0n) is 8.40. The Kier molecular flexibility index (Phi) is 3.18. The van der Waals surface area contributed by atoms with Crippen molar-refractivity contribution in [3.63, 3.8) is 0 Å². The van der Waals surface area contributed by atoms with Crippen molar-refractivity contribution < 1.29 is 9.32 Å². The molecular formula is C10H8IN3O2. The lowest BCUT2D eigenvalue weighted by molar-refractivity contribution is 0.0986. The summed E-state index contributed by atoms with van der Waals surface area (Å²) in [6, 6.07) is 3.59. The minimum absolute atomic E-state index is 0.209. The SMILES string of the molecule is Cc1cnoc1C(=O)Nc1ccc(I)cn1. The third-order valence-electron chi connectivity index (χ3n) is 1.92. The minimum Gasteiger partial charge on any atom is -0.351 e. The molecule has 0 aliphatic carbocycles. The number of nitrogens with zero attached hydrogens (tertiary/aromatic N) is 2. The number of hydrogen-bond acceptors (Lipinski definition) is 4. The van der Waals surface area contributed by atoms with E-state index in [0.29, 0.717) is 11.4 Å². The fourth-order valence-electron chi connectivity index (χ4n) is 1.13. The number of pyridine rings is 1. The third kappa shape index (κ3) is 2.38. The Morgan fingerprint density at radius 2 is 2.25 bits per heavy atom. The lowest BCUT2D eigenvalue weighted by Crippen LogP contribution is -2.13. The van der Waals surface area contributed by atoms with E-state index in [0.717, 1.165) is 3.57 Å². The number of anilines is 1. The maximum absolute atomic E-state index is 11.7. The predicted octanol–water partition coefficient (Wildman–Crippen LogP) is 2.23. The van der Waals surface area contributed by atoms with Crippen molar-refractivity contribution in [3.8, 4) is 0 Å². The van der Waals surface area contributed by atoms with Gasteiger partial charge in [-0.1, -0.05) is 5.16 Å². The molecule has 0 saturated carbocycles. The molecule has 0 atom stereocenters. The van der Waals surface area contributed by atoms with Gasteiger partial charge in [0.15, 0.2) is 0 Å². The summed E-state index contributed by atoms with van der Waals surface area (Å²) in [6.45, 7) is 1.76. The molecular weight excluding hydrogens is 321 g/mol. The highest BCUT2D eigenvalue weighted by Crippen LogP contribution is 2.11. The maximum Gasteiger partial charge on any atom is 0.295 e. The summed E-state index contributed by atoms with van der Waals surface area (Å²) >= 11 is 2.14. The van der Waals surface area contributed by atoms with Crippen molar-refractivity contribution >= 4 is 34.3 Å². The van der Waals surface area contributed by atoms with Gasteiger partial charge >= 0.3 is 0 Å². The van der Waals surface area contributed by atoms with Crippen molar-refractivity contribution in [2.24, 2.45) is 0 Å². The van der Waals surface area contributed by atoms with Crippen molar-refractivity contribution in [2.75, 3.05) is 5.32 Å². The van der Waals surface area contributed by atoms with Gasteiger partial charge in [0.2, 0.25) is 5.76 Å². The molecule has 2 heterocycles. The molecule has 2 aromatic heterocycles. The fourth-order valence-corrected chi connectivity index (χ4v) is 1.45. The van der Waals surface area contributed by atoms with E-state index >= 15 is 0 Å². The van der Waals surface area contributed by atoms with Gasteiger partial charge in [-0.3, -0.25) is 4.79 Å². The van der Waals surface area contributed by atoms with Crippen molar-refractivity contribution in [1.82, 2.24) is 10.1 Å². The van der Waals surface area contributed by atoms with Gasteiger partial charge in [-0.25, -0.2) is 4.98 Å². The molecule has 6 heteroatoms. The molecule has 82 valence electrons. The van der Waals surface area contributed by atoms with Gasteiger partial charge in [-0.2, -0.15) is 0 Å². The lowest BCUT2D eigenvalue weighted by Gasteiger charge is -2.01. The Bertz CT molecular complexity index is 507. The van der Waals surface area contributed by atoms with Crippen LogP contribution in [0.15, 0.2) is 29.0 Å². The molecule has 0 bridgehead atoms. The number of hydrogen-bond donors (Lipinski definition) is 1. The van der Waals surface area contributed by atoms with Crippen LogP contribution in [0.3, 0.4) is 0 Å². The van der Waals surface area contributed by atoms with Gasteiger partial charge in [0, 0.05) is 15.3 Å². The van der Waals surface area contributed by atoms with E-state index in [4.69, 9.17) is 4.52 Å². The average Bonchev–Trinajstić information content (AvgIpc) is 2.68. The highest BCUT2D eigenvalue weighted by molar-refractivity contribution is 14.1. The van der Waals surface area contributed by atoms with Gasteiger partial charge in [-0.05, 0) is 41.6 Å². The van der Waals surface area contributed by atoms with Crippen molar-refractivity contribution in [3.05, 3.63) is 39.4 Å². The molecule has 2 aromatic rings. The van der Waals surface area contributed by atoms with Gasteiger partial charge in [0.1, 0.15) is 5.82 Å². The highest BCUT2D eigenvalue weighted by atomic mass is 127. The van der Waals surface area contributed by atoms with E-state index in [1.807, 2.05) is 6.07 Å². The summed E-state index contributed by atoms with van der Waals surface area (Å²) in [4.78, 5) is 15.8. The van der Waals surface area contributed by atoms with Crippen LogP contribution in [-0.2, 0) is 0 Å². The third-order valence-corrected chi connectivity index (χ3v) is 2.56. The average molecular weight is 329 g/mol. The number of halogens is 1. The number of nitrogens with one attached hydrogen (secondary N) is 1. The molecule has 5 nitrogen and oxygen atoms in total. The molecule has 0 radical (unpaired) electrons. The van der Waals surface area contributed by atoms with Crippen LogP contribution in [0.25, 0.3) is 0 Å². The molecule has 0 aromatic carbocycles. The highest BCUT2D eigenvalue weighted by Gasteiger charge is 2.14. The minimum atomic E-state index is -0.344. The molecule has 0 aliphatic heterocycles. The second-order valence-corrected chi connectivity index (χ2v) is 4.40. The smallest absolute Gasteiger partial charge is 0.295 e. The van der Waals surface area contributed by atoms with Crippen molar-refractivity contribution in [1.29, 1.82) is 0 Å². The summed E-state index contributed by atoms with van der Waals surface area (Å²) in [7, 11) is 0. The second-order valence-electron chi connectivity index (χ2n) is 3.15. The van der Waals surface area contributed by atoms with Crippen LogP contribution in [0.2, 0.25) is 0 Å². The van der Waals surface area contributed by atoms with Gasteiger partial charge < -0.3 is 9.84 Å². The van der Waals surface area contributed by atoms with Crippen LogP contribution in [-0.4, -0.2) is 16.0 Å². The summed E-state index contributed by atoms with van der Waals surface area (Å²) < 4.78 is 5.84. The zero-order valence-corrected chi connectivity index (χ0v) is 10.6. The van der Waals surface area contributed by atoms with E-state index in [9.17, 15) is 4.79 Å². The fraction of sp³-hybridized carbons (Fsp3) is 0.100. The number of aryl methyl sites for hydroxylation is 1. The largest absolute Gasteiger partial charge is 0.351 e. The molecule has 0 spiro atoms.